The van der Waals surface area contributed by atoms with Gasteiger partial charge < -0.3 is 10.2 Å². The number of aromatic amines is 1. The van der Waals surface area contributed by atoms with E-state index in [2.05, 4.69) is 15.5 Å². The number of anilines is 2. The van der Waals surface area contributed by atoms with Crippen molar-refractivity contribution in [1.29, 1.82) is 0 Å². The Balaban J connectivity index is 1.64. The first-order valence-corrected chi connectivity index (χ1v) is 10.1. The molecule has 2 aromatic carbocycles. The molecule has 1 aliphatic heterocycles. The van der Waals surface area contributed by atoms with Crippen LogP contribution in [0, 0.1) is 0 Å². The number of nitrogens with one attached hydrogen (secondary N) is 2. The van der Waals surface area contributed by atoms with E-state index in [1.165, 1.54) is 6.07 Å². The predicted molar refractivity (Wildman–Crippen MR) is 112 cm³/mol. The number of halogens is 3. The van der Waals surface area contributed by atoms with Gasteiger partial charge in [-0.05, 0) is 43.5 Å². The maximum absolute atomic E-state index is 13.3. The molecule has 0 saturated carbocycles. The Bertz CT molecular complexity index is 1170. The predicted octanol–water partition coefficient (Wildman–Crippen LogP) is 4.11. The molecule has 0 spiro atoms. The number of amides is 1. The fraction of sp³-hybridized carbons (Fsp3) is 0.318. The molecule has 1 saturated heterocycles. The van der Waals surface area contributed by atoms with Crippen LogP contribution in [0.15, 0.2) is 47.3 Å². The maximum atomic E-state index is 13.3. The topological polar surface area (TPSA) is 78.1 Å². The van der Waals surface area contributed by atoms with Crippen molar-refractivity contribution in [3.05, 3.63) is 64.1 Å². The monoisotopic (exact) mass is 430 g/mol. The van der Waals surface area contributed by atoms with Gasteiger partial charge in [-0.1, -0.05) is 18.2 Å². The Morgan fingerprint density at radius 3 is 2.48 bits per heavy atom. The molecule has 3 aromatic rings. The highest BCUT2D eigenvalue weighted by molar-refractivity contribution is 5.97. The first-order valence-electron chi connectivity index (χ1n) is 10.1. The molecule has 2 heterocycles. The van der Waals surface area contributed by atoms with Gasteiger partial charge in [0.05, 0.1) is 34.4 Å². The van der Waals surface area contributed by atoms with Crippen LogP contribution in [0.3, 0.4) is 0 Å². The molecule has 0 bridgehead atoms. The summed E-state index contributed by atoms with van der Waals surface area (Å²) < 4.78 is 39.8. The van der Waals surface area contributed by atoms with Gasteiger partial charge >= 0.3 is 6.18 Å². The van der Waals surface area contributed by atoms with E-state index in [4.69, 9.17) is 0 Å². The van der Waals surface area contributed by atoms with E-state index in [0.29, 0.717) is 22.2 Å². The molecule has 1 amide bonds. The zero-order valence-electron chi connectivity index (χ0n) is 16.6. The van der Waals surface area contributed by atoms with Crippen molar-refractivity contribution in [1.82, 2.24) is 10.2 Å². The first-order chi connectivity index (χ1) is 14.8. The molecule has 1 fully saturated rings. The molecule has 0 atom stereocenters. The Hall–Kier alpha value is -3.36. The molecule has 6 nitrogen and oxygen atoms in total. The number of rotatable bonds is 4. The fourth-order valence-corrected chi connectivity index (χ4v) is 3.88. The van der Waals surface area contributed by atoms with Crippen molar-refractivity contribution in [2.75, 3.05) is 23.3 Å². The number of benzene rings is 2. The summed E-state index contributed by atoms with van der Waals surface area (Å²) in [4.78, 5) is 26.7. The number of alkyl halides is 3. The van der Waals surface area contributed by atoms with Crippen molar-refractivity contribution in [3.8, 4) is 0 Å². The van der Waals surface area contributed by atoms with Crippen LogP contribution < -0.4 is 15.8 Å². The van der Waals surface area contributed by atoms with Crippen LogP contribution in [0.4, 0.5) is 24.5 Å². The smallest absolute Gasteiger partial charge is 0.370 e. The van der Waals surface area contributed by atoms with Gasteiger partial charge in [0.25, 0.3) is 5.56 Å². The highest BCUT2D eigenvalue weighted by atomic mass is 19.4. The molecule has 1 aliphatic rings. The van der Waals surface area contributed by atoms with Crippen molar-refractivity contribution in [2.24, 2.45) is 0 Å². The quantitative estimate of drug-likeness (QED) is 0.653. The fourth-order valence-electron chi connectivity index (χ4n) is 3.88. The molecule has 31 heavy (non-hydrogen) atoms. The SMILES string of the molecule is O=C(Cc1n[nH]c(=O)c2ccccc12)Nc1cc(C(F)(F)F)ccc1N1CCCCC1. The molecule has 2 N–H and O–H groups in total. The van der Waals surface area contributed by atoms with E-state index in [0.717, 1.165) is 44.5 Å². The van der Waals surface area contributed by atoms with Crippen LogP contribution in [0.5, 0.6) is 0 Å². The first kappa shape index (κ1) is 20.9. The third kappa shape index (κ3) is 4.55. The lowest BCUT2D eigenvalue weighted by Gasteiger charge is -2.31. The molecule has 1 aromatic heterocycles. The Kier molecular flexibility index (Phi) is 5.67. The third-order valence-electron chi connectivity index (χ3n) is 5.40. The highest BCUT2D eigenvalue weighted by Gasteiger charge is 2.32. The van der Waals surface area contributed by atoms with E-state index >= 15 is 0 Å². The van der Waals surface area contributed by atoms with E-state index in [9.17, 15) is 22.8 Å². The van der Waals surface area contributed by atoms with Gasteiger partial charge in [0, 0.05) is 18.5 Å². The Morgan fingerprint density at radius 1 is 1.06 bits per heavy atom. The average Bonchev–Trinajstić information content (AvgIpc) is 2.76. The largest absolute Gasteiger partial charge is 0.416 e. The number of hydrogen-bond acceptors (Lipinski definition) is 4. The van der Waals surface area contributed by atoms with E-state index < -0.39 is 17.6 Å². The van der Waals surface area contributed by atoms with Crippen LogP contribution in [0.1, 0.15) is 30.5 Å². The number of H-pyrrole nitrogens is 1. The minimum Gasteiger partial charge on any atom is -0.370 e. The number of piperidine rings is 1. The number of hydrogen-bond donors (Lipinski definition) is 2. The lowest BCUT2D eigenvalue weighted by molar-refractivity contribution is -0.137. The van der Waals surface area contributed by atoms with Crippen LogP contribution in [-0.4, -0.2) is 29.2 Å². The van der Waals surface area contributed by atoms with Crippen LogP contribution in [0.25, 0.3) is 10.8 Å². The van der Waals surface area contributed by atoms with Crippen LogP contribution in [0.2, 0.25) is 0 Å². The lowest BCUT2D eigenvalue weighted by atomic mass is 10.1. The molecule has 162 valence electrons. The minimum absolute atomic E-state index is 0.121. The zero-order chi connectivity index (χ0) is 22.0. The summed E-state index contributed by atoms with van der Waals surface area (Å²) in [5, 5.41) is 9.89. The summed E-state index contributed by atoms with van der Waals surface area (Å²) in [7, 11) is 0. The van der Waals surface area contributed by atoms with Gasteiger partial charge in [0.2, 0.25) is 5.91 Å². The third-order valence-corrected chi connectivity index (χ3v) is 5.40. The summed E-state index contributed by atoms with van der Waals surface area (Å²) in [5.74, 6) is -0.512. The summed E-state index contributed by atoms with van der Waals surface area (Å²) >= 11 is 0. The van der Waals surface area contributed by atoms with Crippen molar-refractivity contribution >= 4 is 28.1 Å². The normalized spacial score (nSPS) is 14.6. The number of nitrogens with zero attached hydrogens (tertiary/aromatic N) is 2. The van der Waals surface area contributed by atoms with Gasteiger partial charge in [-0.2, -0.15) is 18.3 Å². The van der Waals surface area contributed by atoms with E-state index in [-0.39, 0.29) is 17.7 Å². The minimum atomic E-state index is -4.52. The Morgan fingerprint density at radius 2 is 1.77 bits per heavy atom. The zero-order valence-corrected chi connectivity index (χ0v) is 16.6. The molecule has 0 aliphatic carbocycles. The second-order valence-electron chi connectivity index (χ2n) is 7.55. The number of carbonyl (C=O) groups is 1. The summed E-state index contributed by atoms with van der Waals surface area (Å²) in [6.45, 7) is 1.45. The van der Waals surface area contributed by atoms with Gasteiger partial charge in [0.15, 0.2) is 0 Å². The second-order valence-corrected chi connectivity index (χ2v) is 7.55. The lowest BCUT2D eigenvalue weighted by Crippen LogP contribution is -2.31. The number of carbonyl (C=O) groups excluding carboxylic acids is 1. The molecule has 9 heteroatoms. The van der Waals surface area contributed by atoms with Gasteiger partial charge in [-0.15, -0.1) is 0 Å². The van der Waals surface area contributed by atoms with Crippen LogP contribution in [-0.2, 0) is 17.4 Å². The molecular weight excluding hydrogens is 409 g/mol. The summed E-state index contributed by atoms with van der Waals surface area (Å²) in [6, 6.07) is 10.2. The molecule has 4 rings (SSSR count). The van der Waals surface area contributed by atoms with Gasteiger partial charge in [-0.3, -0.25) is 9.59 Å². The van der Waals surface area contributed by atoms with Crippen LogP contribution >= 0.6 is 0 Å². The van der Waals surface area contributed by atoms with Crippen molar-refractivity contribution in [3.63, 3.8) is 0 Å². The van der Waals surface area contributed by atoms with Gasteiger partial charge in [-0.25, -0.2) is 5.10 Å². The second kappa shape index (κ2) is 8.41. The molecule has 0 radical (unpaired) electrons. The highest BCUT2D eigenvalue weighted by Crippen LogP contribution is 2.36. The standard InChI is InChI=1S/C22H21F3N4O2/c23-22(24,25)14-8-9-19(29-10-4-1-5-11-29)18(12-14)26-20(30)13-17-15-6-2-3-7-16(15)21(31)28-27-17/h2-3,6-9,12H,1,4-5,10-11,13H2,(H,26,30)(H,28,31). The van der Waals surface area contributed by atoms with E-state index in [1.807, 2.05) is 4.90 Å². The van der Waals surface area contributed by atoms with Crippen molar-refractivity contribution in [2.45, 2.75) is 31.9 Å². The number of fused-ring (bicyclic) bond motifs is 1. The van der Waals surface area contributed by atoms with Gasteiger partial charge in [0.1, 0.15) is 0 Å². The van der Waals surface area contributed by atoms with Crippen molar-refractivity contribution < 1.29 is 18.0 Å². The van der Waals surface area contributed by atoms with E-state index in [1.54, 1.807) is 24.3 Å². The average molecular weight is 430 g/mol. The summed E-state index contributed by atoms with van der Waals surface area (Å²) in [6.07, 6.45) is -1.74. The molecular formula is C22H21F3N4O2. The Labute approximate surface area is 176 Å². The number of aromatic nitrogens is 2. The molecule has 0 unspecified atom stereocenters. The maximum Gasteiger partial charge on any atom is 0.416 e. The summed E-state index contributed by atoms with van der Waals surface area (Å²) in [5.41, 5.74) is -0.156.